The molecule has 0 saturated heterocycles. The molecular weight excluding hydrogens is 397 g/mol. The Morgan fingerprint density at radius 1 is 1.00 bits per heavy atom. The highest BCUT2D eigenvalue weighted by molar-refractivity contribution is 7.19. The van der Waals surface area contributed by atoms with Crippen molar-refractivity contribution >= 4 is 33.1 Å². The number of nitrogens with one attached hydrogen (secondary N) is 1. The fourth-order valence-electron chi connectivity index (χ4n) is 3.38. The van der Waals surface area contributed by atoms with E-state index in [-0.39, 0.29) is 5.82 Å². The van der Waals surface area contributed by atoms with Gasteiger partial charge in [0.2, 0.25) is 0 Å². The molecule has 0 aliphatic heterocycles. The minimum Gasteiger partial charge on any atom is -0.494 e. The van der Waals surface area contributed by atoms with Crippen molar-refractivity contribution in [2.45, 2.75) is 33.6 Å². The lowest BCUT2D eigenvalue weighted by Gasteiger charge is -2.11. The molecule has 0 amide bonds. The zero-order chi connectivity index (χ0) is 21.1. The van der Waals surface area contributed by atoms with Crippen LogP contribution in [0.2, 0.25) is 0 Å². The molecule has 4 rings (SSSR count). The fraction of sp³-hybridized carbons (Fsp3) is 0.250. The van der Waals surface area contributed by atoms with Crippen LogP contribution in [0.15, 0.2) is 48.5 Å². The lowest BCUT2D eigenvalue weighted by atomic mass is 10.0. The number of fused-ring (bicyclic) bond motifs is 1. The van der Waals surface area contributed by atoms with Gasteiger partial charge in [-0.15, -0.1) is 11.3 Å². The number of nitrogens with zero attached hydrogens (tertiary/aromatic N) is 2. The Kier molecular flexibility index (Phi) is 5.95. The van der Waals surface area contributed by atoms with Crippen LogP contribution in [0.1, 0.15) is 30.5 Å². The van der Waals surface area contributed by atoms with E-state index in [0.29, 0.717) is 5.82 Å². The molecule has 0 spiro atoms. The van der Waals surface area contributed by atoms with Crippen LogP contribution in [0.4, 0.5) is 15.9 Å². The molecule has 0 bridgehead atoms. The molecule has 0 unspecified atom stereocenters. The first-order valence-corrected chi connectivity index (χ1v) is 10.9. The fourth-order valence-corrected chi connectivity index (χ4v) is 4.47. The molecule has 30 heavy (non-hydrogen) atoms. The highest BCUT2D eigenvalue weighted by Gasteiger charge is 2.18. The summed E-state index contributed by atoms with van der Waals surface area (Å²) in [7, 11) is 0. The predicted molar refractivity (Wildman–Crippen MR) is 122 cm³/mol. The van der Waals surface area contributed by atoms with Crippen molar-refractivity contribution in [3.63, 3.8) is 0 Å². The molecular formula is C24H24FN3OS. The van der Waals surface area contributed by atoms with Gasteiger partial charge in [0.05, 0.1) is 12.0 Å². The van der Waals surface area contributed by atoms with Gasteiger partial charge in [-0.2, -0.15) is 0 Å². The van der Waals surface area contributed by atoms with E-state index in [4.69, 9.17) is 4.74 Å². The van der Waals surface area contributed by atoms with Gasteiger partial charge in [0.15, 0.2) is 0 Å². The molecule has 4 aromatic rings. The second kappa shape index (κ2) is 8.79. The van der Waals surface area contributed by atoms with Crippen LogP contribution >= 0.6 is 11.3 Å². The molecule has 6 heteroatoms. The number of hydrogen-bond acceptors (Lipinski definition) is 5. The Hall–Kier alpha value is -2.99. The summed E-state index contributed by atoms with van der Waals surface area (Å²) in [4.78, 5) is 11.3. The maximum Gasteiger partial charge on any atom is 0.143 e. The van der Waals surface area contributed by atoms with Gasteiger partial charge in [-0.05, 0) is 62.2 Å². The standard InChI is InChI=1S/C24H24FN3OS/c1-4-5-14-29-20-12-10-19(11-13-20)28-23-22-21(17-6-8-18(25)9-7-17)15(2)30-24(22)27-16(3)26-23/h6-13H,4-5,14H2,1-3H3,(H,26,27,28). The van der Waals surface area contributed by atoms with Crippen molar-refractivity contribution in [1.29, 1.82) is 0 Å². The summed E-state index contributed by atoms with van der Waals surface area (Å²) in [6.45, 7) is 6.83. The number of halogens is 1. The third-order valence-electron chi connectivity index (χ3n) is 4.86. The molecule has 0 atom stereocenters. The number of ether oxygens (including phenoxy) is 1. The third-order valence-corrected chi connectivity index (χ3v) is 5.86. The van der Waals surface area contributed by atoms with Crippen molar-refractivity contribution in [3.05, 3.63) is 65.0 Å². The first-order chi connectivity index (χ1) is 14.5. The van der Waals surface area contributed by atoms with Gasteiger partial charge in [0.25, 0.3) is 0 Å². The normalized spacial score (nSPS) is 11.1. The SMILES string of the molecule is CCCCOc1ccc(Nc2nc(C)nc3sc(C)c(-c4ccc(F)cc4)c23)cc1. The molecule has 1 N–H and O–H groups in total. The van der Waals surface area contributed by atoms with Gasteiger partial charge < -0.3 is 10.1 Å². The van der Waals surface area contributed by atoms with Crippen LogP contribution in [-0.2, 0) is 0 Å². The summed E-state index contributed by atoms with van der Waals surface area (Å²) >= 11 is 1.63. The average molecular weight is 422 g/mol. The molecule has 154 valence electrons. The minimum absolute atomic E-state index is 0.248. The maximum atomic E-state index is 13.4. The smallest absolute Gasteiger partial charge is 0.143 e. The summed E-state index contributed by atoms with van der Waals surface area (Å²) < 4.78 is 19.2. The highest BCUT2D eigenvalue weighted by Crippen LogP contribution is 2.41. The van der Waals surface area contributed by atoms with E-state index in [2.05, 4.69) is 29.1 Å². The van der Waals surface area contributed by atoms with E-state index in [0.717, 1.165) is 62.9 Å². The molecule has 2 aromatic heterocycles. The summed E-state index contributed by atoms with van der Waals surface area (Å²) in [6, 6.07) is 14.5. The van der Waals surface area contributed by atoms with Crippen molar-refractivity contribution in [2.24, 2.45) is 0 Å². The number of aromatic nitrogens is 2. The molecule has 2 aromatic carbocycles. The number of anilines is 2. The van der Waals surface area contributed by atoms with E-state index in [1.54, 1.807) is 23.5 Å². The summed E-state index contributed by atoms with van der Waals surface area (Å²) in [5.74, 6) is 2.07. The Labute approximate surface area is 179 Å². The molecule has 4 nitrogen and oxygen atoms in total. The third kappa shape index (κ3) is 4.28. The van der Waals surface area contributed by atoms with Crippen LogP contribution < -0.4 is 10.1 Å². The van der Waals surface area contributed by atoms with Gasteiger partial charge in [-0.25, -0.2) is 14.4 Å². The average Bonchev–Trinajstić information content (AvgIpc) is 3.06. The number of rotatable bonds is 7. The van der Waals surface area contributed by atoms with Crippen LogP contribution in [0.25, 0.3) is 21.3 Å². The first-order valence-electron chi connectivity index (χ1n) is 10.1. The number of hydrogen-bond donors (Lipinski definition) is 1. The van der Waals surface area contributed by atoms with E-state index in [1.807, 2.05) is 31.2 Å². The lowest BCUT2D eigenvalue weighted by Crippen LogP contribution is -1.99. The number of unbranched alkanes of at least 4 members (excludes halogenated alkanes) is 1. The quantitative estimate of drug-likeness (QED) is 0.325. The summed E-state index contributed by atoms with van der Waals surface area (Å²) in [5.41, 5.74) is 2.92. The van der Waals surface area contributed by atoms with Crippen LogP contribution in [0.3, 0.4) is 0 Å². The van der Waals surface area contributed by atoms with Crippen molar-refractivity contribution in [2.75, 3.05) is 11.9 Å². The largest absolute Gasteiger partial charge is 0.494 e. The lowest BCUT2D eigenvalue weighted by molar-refractivity contribution is 0.309. The second-order valence-electron chi connectivity index (χ2n) is 7.19. The van der Waals surface area contributed by atoms with Gasteiger partial charge >= 0.3 is 0 Å². The number of thiophene rings is 1. The molecule has 2 heterocycles. The summed E-state index contributed by atoms with van der Waals surface area (Å²) in [5, 5.41) is 4.40. The Morgan fingerprint density at radius 2 is 1.73 bits per heavy atom. The Bertz CT molecular complexity index is 1150. The van der Waals surface area contributed by atoms with E-state index in [1.165, 1.54) is 12.1 Å². The number of benzene rings is 2. The predicted octanol–water partition coefficient (Wildman–Crippen LogP) is 7.04. The topological polar surface area (TPSA) is 47.0 Å². The van der Waals surface area contributed by atoms with E-state index >= 15 is 0 Å². The second-order valence-corrected chi connectivity index (χ2v) is 8.39. The number of aryl methyl sites for hydroxylation is 2. The molecule has 0 aliphatic rings. The van der Waals surface area contributed by atoms with Gasteiger partial charge in [0, 0.05) is 16.1 Å². The zero-order valence-corrected chi connectivity index (χ0v) is 18.1. The van der Waals surface area contributed by atoms with Crippen molar-refractivity contribution in [1.82, 2.24) is 9.97 Å². The summed E-state index contributed by atoms with van der Waals surface area (Å²) in [6.07, 6.45) is 2.15. The van der Waals surface area contributed by atoms with Gasteiger partial charge in [-0.3, -0.25) is 0 Å². The van der Waals surface area contributed by atoms with E-state index in [9.17, 15) is 4.39 Å². The van der Waals surface area contributed by atoms with Crippen LogP contribution in [-0.4, -0.2) is 16.6 Å². The molecule has 0 saturated carbocycles. The monoisotopic (exact) mass is 421 g/mol. The first kappa shape index (κ1) is 20.3. The minimum atomic E-state index is -0.248. The van der Waals surface area contributed by atoms with Crippen molar-refractivity contribution in [3.8, 4) is 16.9 Å². The zero-order valence-electron chi connectivity index (χ0n) is 17.3. The van der Waals surface area contributed by atoms with Gasteiger partial charge in [-0.1, -0.05) is 25.5 Å². The molecule has 0 radical (unpaired) electrons. The Balaban J connectivity index is 1.71. The van der Waals surface area contributed by atoms with Crippen molar-refractivity contribution < 1.29 is 9.13 Å². The van der Waals surface area contributed by atoms with Gasteiger partial charge in [0.1, 0.15) is 28.0 Å². The van der Waals surface area contributed by atoms with Crippen LogP contribution in [0.5, 0.6) is 5.75 Å². The van der Waals surface area contributed by atoms with Crippen LogP contribution in [0, 0.1) is 19.7 Å². The Morgan fingerprint density at radius 3 is 2.43 bits per heavy atom. The highest BCUT2D eigenvalue weighted by atomic mass is 32.1. The maximum absolute atomic E-state index is 13.4. The molecule has 0 aliphatic carbocycles. The van der Waals surface area contributed by atoms with E-state index < -0.39 is 0 Å². The molecule has 0 fully saturated rings.